The Morgan fingerprint density at radius 3 is 2.52 bits per heavy atom. The molecule has 132 valence electrons. The summed E-state index contributed by atoms with van der Waals surface area (Å²) in [5.74, 6) is -1.03. The smallest absolute Gasteiger partial charge is 0.331 e. The zero-order chi connectivity index (χ0) is 18.3. The van der Waals surface area contributed by atoms with E-state index in [1.54, 1.807) is 6.08 Å². The number of nitriles is 1. The first kappa shape index (κ1) is 19.2. The minimum Gasteiger partial charge on any atom is -0.449 e. The minimum atomic E-state index is -0.950. The van der Waals surface area contributed by atoms with Crippen molar-refractivity contribution in [3.63, 3.8) is 0 Å². The lowest BCUT2D eigenvalue weighted by atomic mass is 9.83. The van der Waals surface area contributed by atoms with Crippen molar-refractivity contribution in [3.8, 4) is 6.07 Å². The number of nitrogens with one attached hydrogen (secondary N) is 1. The monoisotopic (exact) mass is 404 g/mol. The molecule has 0 spiro atoms. The molecule has 0 bridgehead atoms. The summed E-state index contributed by atoms with van der Waals surface area (Å²) < 4.78 is 6.08. The number of rotatable bonds is 5. The van der Waals surface area contributed by atoms with E-state index in [1.165, 1.54) is 13.0 Å². The summed E-state index contributed by atoms with van der Waals surface area (Å²) in [6.07, 6.45) is 6.14. The van der Waals surface area contributed by atoms with Gasteiger partial charge in [-0.1, -0.05) is 47.3 Å². The van der Waals surface area contributed by atoms with Crippen LogP contribution in [0, 0.1) is 11.3 Å². The predicted octanol–water partition coefficient (Wildman–Crippen LogP) is 3.74. The first-order valence-electron chi connectivity index (χ1n) is 8.32. The molecule has 0 heterocycles. The van der Waals surface area contributed by atoms with E-state index in [1.807, 2.05) is 24.3 Å². The van der Waals surface area contributed by atoms with Crippen molar-refractivity contribution in [1.82, 2.24) is 5.32 Å². The Morgan fingerprint density at radius 2 is 1.92 bits per heavy atom. The average Bonchev–Trinajstić information content (AvgIpc) is 2.62. The Labute approximate surface area is 156 Å². The number of benzene rings is 1. The standard InChI is InChI=1S/C19H21BrN2O3/c1-14(18(24)22-19(13-21)11-3-2-4-12-19)25-17(23)10-7-15-5-8-16(20)9-6-15/h5-10,14H,2-4,11-12H2,1H3,(H,22,24)/b10-7+/t14-/m1/s1. The summed E-state index contributed by atoms with van der Waals surface area (Å²) in [5, 5.41) is 12.2. The fourth-order valence-electron chi connectivity index (χ4n) is 2.76. The third-order valence-electron chi connectivity index (χ3n) is 4.23. The van der Waals surface area contributed by atoms with E-state index in [0.717, 1.165) is 29.3 Å². The van der Waals surface area contributed by atoms with Crippen molar-refractivity contribution >= 4 is 33.9 Å². The van der Waals surface area contributed by atoms with Gasteiger partial charge in [0.1, 0.15) is 5.54 Å². The van der Waals surface area contributed by atoms with Crippen LogP contribution in [0.1, 0.15) is 44.6 Å². The fraction of sp³-hybridized carbons (Fsp3) is 0.421. The van der Waals surface area contributed by atoms with Crippen LogP contribution in [0.4, 0.5) is 0 Å². The summed E-state index contributed by atoms with van der Waals surface area (Å²) in [7, 11) is 0. The lowest BCUT2D eigenvalue weighted by Crippen LogP contribution is -2.52. The number of nitrogens with zero attached hydrogens (tertiary/aromatic N) is 1. The van der Waals surface area contributed by atoms with Crippen LogP contribution in [-0.2, 0) is 14.3 Å². The molecule has 1 fully saturated rings. The van der Waals surface area contributed by atoms with Crippen LogP contribution in [0.3, 0.4) is 0 Å². The van der Waals surface area contributed by atoms with E-state index in [9.17, 15) is 14.9 Å². The van der Waals surface area contributed by atoms with Gasteiger partial charge in [-0.25, -0.2) is 4.79 Å². The van der Waals surface area contributed by atoms with Crippen LogP contribution in [0.2, 0.25) is 0 Å². The van der Waals surface area contributed by atoms with Gasteiger partial charge in [0.05, 0.1) is 6.07 Å². The van der Waals surface area contributed by atoms with Crippen molar-refractivity contribution in [2.24, 2.45) is 0 Å². The van der Waals surface area contributed by atoms with E-state index >= 15 is 0 Å². The molecule has 1 amide bonds. The molecule has 1 saturated carbocycles. The molecule has 2 rings (SSSR count). The van der Waals surface area contributed by atoms with E-state index < -0.39 is 23.5 Å². The van der Waals surface area contributed by atoms with E-state index in [0.29, 0.717) is 12.8 Å². The second-order valence-electron chi connectivity index (χ2n) is 6.21. The third kappa shape index (κ3) is 5.71. The lowest BCUT2D eigenvalue weighted by Gasteiger charge is -2.32. The molecule has 6 heteroatoms. The molecule has 1 atom stereocenters. The molecule has 1 aliphatic carbocycles. The Bertz CT molecular complexity index is 686. The molecule has 1 aliphatic rings. The first-order valence-corrected chi connectivity index (χ1v) is 9.11. The largest absolute Gasteiger partial charge is 0.449 e. The maximum Gasteiger partial charge on any atom is 0.331 e. The first-order chi connectivity index (χ1) is 11.9. The molecule has 1 N–H and O–H groups in total. The Balaban J connectivity index is 1.88. The van der Waals surface area contributed by atoms with Crippen LogP contribution < -0.4 is 5.32 Å². The van der Waals surface area contributed by atoms with Gasteiger partial charge < -0.3 is 10.1 Å². The second kappa shape index (κ2) is 8.82. The number of hydrogen-bond donors (Lipinski definition) is 1. The molecule has 5 nitrogen and oxygen atoms in total. The summed E-state index contributed by atoms with van der Waals surface area (Å²) in [4.78, 5) is 24.1. The van der Waals surface area contributed by atoms with Gasteiger partial charge in [0, 0.05) is 10.5 Å². The van der Waals surface area contributed by atoms with Crippen LogP contribution in [-0.4, -0.2) is 23.5 Å². The highest BCUT2D eigenvalue weighted by Gasteiger charge is 2.35. The molecule has 0 radical (unpaired) electrons. The van der Waals surface area contributed by atoms with E-state index in [-0.39, 0.29) is 0 Å². The SMILES string of the molecule is C[C@@H](OC(=O)/C=C/c1ccc(Br)cc1)C(=O)NC1(C#N)CCCCC1. The van der Waals surface area contributed by atoms with Gasteiger partial charge >= 0.3 is 5.97 Å². The number of halogens is 1. The number of esters is 1. The Hall–Kier alpha value is -2.13. The highest BCUT2D eigenvalue weighted by molar-refractivity contribution is 9.10. The number of hydrogen-bond acceptors (Lipinski definition) is 4. The molecule has 0 aromatic heterocycles. The lowest BCUT2D eigenvalue weighted by molar-refractivity contribution is -0.150. The van der Waals surface area contributed by atoms with Gasteiger partial charge in [-0.05, 0) is 43.5 Å². The topological polar surface area (TPSA) is 79.2 Å². The molecule has 0 saturated heterocycles. The van der Waals surface area contributed by atoms with Crippen LogP contribution in [0.15, 0.2) is 34.8 Å². The number of amides is 1. The highest BCUT2D eigenvalue weighted by atomic mass is 79.9. The average molecular weight is 405 g/mol. The van der Waals surface area contributed by atoms with Crippen LogP contribution in [0.25, 0.3) is 6.08 Å². The molecule has 0 unspecified atom stereocenters. The number of carbonyl (C=O) groups excluding carboxylic acids is 2. The van der Waals surface area contributed by atoms with E-state index in [2.05, 4.69) is 27.3 Å². The maximum atomic E-state index is 12.3. The zero-order valence-corrected chi connectivity index (χ0v) is 15.7. The van der Waals surface area contributed by atoms with Gasteiger partial charge in [0.15, 0.2) is 6.10 Å². The summed E-state index contributed by atoms with van der Waals surface area (Å²) >= 11 is 3.34. The summed E-state index contributed by atoms with van der Waals surface area (Å²) in [6, 6.07) is 9.65. The Morgan fingerprint density at radius 1 is 1.28 bits per heavy atom. The fourth-order valence-corrected chi connectivity index (χ4v) is 3.03. The zero-order valence-electron chi connectivity index (χ0n) is 14.1. The quantitative estimate of drug-likeness (QED) is 0.598. The molecule has 25 heavy (non-hydrogen) atoms. The van der Waals surface area contributed by atoms with Gasteiger partial charge in [0.2, 0.25) is 0 Å². The van der Waals surface area contributed by atoms with Crippen molar-refractivity contribution in [3.05, 3.63) is 40.4 Å². The molecule has 1 aromatic rings. The third-order valence-corrected chi connectivity index (χ3v) is 4.76. The van der Waals surface area contributed by atoms with Crippen molar-refractivity contribution in [2.75, 3.05) is 0 Å². The normalized spacial score (nSPS) is 17.5. The van der Waals surface area contributed by atoms with Gasteiger partial charge in [-0.3, -0.25) is 4.79 Å². The number of carbonyl (C=O) groups is 2. The molecular formula is C19H21BrN2O3. The van der Waals surface area contributed by atoms with Crippen molar-refractivity contribution in [1.29, 1.82) is 5.26 Å². The highest BCUT2D eigenvalue weighted by Crippen LogP contribution is 2.27. The Kier molecular flexibility index (Phi) is 6.77. The van der Waals surface area contributed by atoms with Gasteiger partial charge in [-0.15, -0.1) is 0 Å². The van der Waals surface area contributed by atoms with Gasteiger partial charge in [0.25, 0.3) is 5.91 Å². The molecular weight excluding hydrogens is 384 g/mol. The van der Waals surface area contributed by atoms with E-state index in [4.69, 9.17) is 4.74 Å². The molecule has 0 aliphatic heterocycles. The summed E-state index contributed by atoms with van der Waals surface area (Å²) in [5.41, 5.74) is 0.0198. The van der Waals surface area contributed by atoms with Gasteiger partial charge in [-0.2, -0.15) is 5.26 Å². The predicted molar refractivity (Wildman–Crippen MR) is 98.3 cm³/mol. The van der Waals surface area contributed by atoms with Crippen LogP contribution >= 0.6 is 15.9 Å². The van der Waals surface area contributed by atoms with Crippen LogP contribution in [0.5, 0.6) is 0 Å². The van der Waals surface area contributed by atoms with Crippen molar-refractivity contribution < 1.29 is 14.3 Å². The molecule has 1 aromatic carbocycles. The summed E-state index contributed by atoms with van der Waals surface area (Å²) in [6.45, 7) is 1.51. The minimum absolute atomic E-state index is 0.436. The van der Waals surface area contributed by atoms with Crippen molar-refractivity contribution in [2.45, 2.75) is 50.7 Å². The number of ether oxygens (including phenoxy) is 1. The second-order valence-corrected chi connectivity index (χ2v) is 7.12. The maximum absolute atomic E-state index is 12.3.